The molecule has 4 heteroatoms. The minimum atomic E-state index is 0.107. The molecule has 0 saturated carbocycles. The number of nitrogens with zero attached hydrogens (tertiary/aromatic N) is 1. The van der Waals surface area contributed by atoms with Gasteiger partial charge in [-0.1, -0.05) is 13.8 Å². The quantitative estimate of drug-likeness (QED) is 0.659. The third-order valence-corrected chi connectivity index (χ3v) is 2.52. The third-order valence-electron chi connectivity index (χ3n) is 2.52. The Morgan fingerprint density at radius 3 is 2.93 bits per heavy atom. The zero-order chi connectivity index (χ0) is 10.6. The fraction of sp³-hybridized carbons (Fsp3) is 0.900. The van der Waals surface area contributed by atoms with Gasteiger partial charge >= 0.3 is 0 Å². The van der Waals surface area contributed by atoms with E-state index in [-0.39, 0.29) is 11.9 Å². The van der Waals surface area contributed by atoms with E-state index in [1.165, 1.54) is 0 Å². The van der Waals surface area contributed by atoms with Gasteiger partial charge in [0.1, 0.15) is 0 Å². The molecule has 1 fully saturated rings. The Morgan fingerprint density at radius 1 is 1.64 bits per heavy atom. The first-order chi connectivity index (χ1) is 6.61. The van der Waals surface area contributed by atoms with Crippen LogP contribution in [0.2, 0.25) is 0 Å². The van der Waals surface area contributed by atoms with E-state index in [2.05, 4.69) is 24.1 Å². The van der Waals surface area contributed by atoms with Crippen molar-refractivity contribution >= 4 is 5.91 Å². The molecular formula is C10H21N3O. The molecule has 1 amide bonds. The summed E-state index contributed by atoms with van der Waals surface area (Å²) >= 11 is 0. The van der Waals surface area contributed by atoms with E-state index in [1.807, 2.05) is 0 Å². The third kappa shape index (κ3) is 3.64. The first-order valence-electron chi connectivity index (χ1n) is 5.33. The Kier molecular flexibility index (Phi) is 4.35. The summed E-state index contributed by atoms with van der Waals surface area (Å²) < 4.78 is 0. The molecule has 4 nitrogen and oxygen atoms in total. The summed E-state index contributed by atoms with van der Waals surface area (Å²) in [6.07, 6.45) is 1.14. The largest absolute Gasteiger partial charge is 0.350 e. The molecule has 1 rings (SSSR count). The lowest BCUT2D eigenvalue weighted by molar-refractivity contribution is -0.125. The number of amides is 1. The van der Waals surface area contributed by atoms with Crippen LogP contribution < -0.4 is 11.1 Å². The van der Waals surface area contributed by atoms with Crippen LogP contribution in [0.5, 0.6) is 0 Å². The summed E-state index contributed by atoms with van der Waals surface area (Å²) in [6.45, 7) is 7.36. The average molecular weight is 199 g/mol. The van der Waals surface area contributed by atoms with E-state index in [4.69, 9.17) is 5.73 Å². The number of hydrogen-bond acceptors (Lipinski definition) is 3. The molecule has 1 saturated heterocycles. The molecular weight excluding hydrogens is 178 g/mol. The van der Waals surface area contributed by atoms with Gasteiger partial charge in [-0.2, -0.15) is 0 Å². The molecule has 0 aliphatic carbocycles. The van der Waals surface area contributed by atoms with Crippen molar-refractivity contribution in [3.8, 4) is 0 Å². The molecule has 0 aromatic carbocycles. The van der Waals surface area contributed by atoms with Crippen molar-refractivity contribution < 1.29 is 4.79 Å². The second kappa shape index (κ2) is 5.32. The van der Waals surface area contributed by atoms with Crippen molar-refractivity contribution in [2.24, 2.45) is 11.7 Å². The van der Waals surface area contributed by atoms with Crippen molar-refractivity contribution in [2.75, 3.05) is 26.2 Å². The number of nitrogens with one attached hydrogen (secondary N) is 1. The predicted molar refractivity (Wildman–Crippen MR) is 56.9 cm³/mol. The van der Waals surface area contributed by atoms with Crippen molar-refractivity contribution in [2.45, 2.75) is 26.3 Å². The maximum atomic E-state index is 11.3. The Morgan fingerprint density at radius 2 is 2.36 bits per heavy atom. The van der Waals surface area contributed by atoms with Crippen molar-refractivity contribution in [3.05, 3.63) is 0 Å². The van der Waals surface area contributed by atoms with Crippen LogP contribution in [-0.2, 0) is 4.79 Å². The lowest BCUT2D eigenvalue weighted by Crippen LogP contribution is -2.56. The van der Waals surface area contributed by atoms with Crippen LogP contribution in [0.4, 0.5) is 0 Å². The number of hydrogen-bond donors (Lipinski definition) is 2. The van der Waals surface area contributed by atoms with Gasteiger partial charge in [0.15, 0.2) is 0 Å². The number of carbonyl (C=O) groups excluding carboxylic acids is 1. The second-order valence-corrected chi connectivity index (χ2v) is 4.42. The highest BCUT2D eigenvalue weighted by Gasteiger charge is 2.22. The van der Waals surface area contributed by atoms with Crippen molar-refractivity contribution in [1.82, 2.24) is 10.2 Å². The highest BCUT2D eigenvalue weighted by Crippen LogP contribution is 2.05. The standard InChI is InChI=1S/C10H21N3O/c1-8(2)3-4-13-6-9(5-11)12-10(14)7-13/h8-9H,3-7,11H2,1-2H3,(H,12,14). The molecule has 0 aromatic heterocycles. The number of nitrogens with two attached hydrogens (primary N) is 1. The molecule has 1 aliphatic rings. The second-order valence-electron chi connectivity index (χ2n) is 4.42. The van der Waals surface area contributed by atoms with E-state index >= 15 is 0 Å². The van der Waals surface area contributed by atoms with Crippen LogP contribution in [-0.4, -0.2) is 43.0 Å². The van der Waals surface area contributed by atoms with Crippen molar-refractivity contribution in [1.29, 1.82) is 0 Å². The lowest BCUT2D eigenvalue weighted by Gasteiger charge is -2.32. The fourth-order valence-corrected chi connectivity index (χ4v) is 1.64. The van der Waals surface area contributed by atoms with E-state index in [0.29, 0.717) is 19.0 Å². The minimum absolute atomic E-state index is 0.107. The first kappa shape index (κ1) is 11.5. The highest BCUT2D eigenvalue weighted by atomic mass is 16.2. The fourth-order valence-electron chi connectivity index (χ4n) is 1.64. The normalized spacial score (nSPS) is 24.0. The zero-order valence-corrected chi connectivity index (χ0v) is 9.12. The Hall–Kier alpha value is -0.610. The summed E-state index contributed by atoms with van der Waals surface area (Å²) in [5, 5.41) is 2.88. The highest BCUT2D eigenvalue weighted by molar-refractivity contribution is 5.79. The van der Waals surface area contributed by atoms with E-state index in [0.717, 1.165) is 19.5 Å². The van der Waals surface area contributed by atoms with E-state index in [9.17, 15) is 4.79 Å². The van der Waals surface area contributed by atoms with Gasteiger partial charge in [-0.25, -0.2) is 0 Å². The molecule has 1 aliphatic heterocycles. The van der Waals surface area contributed by atoms with Crippen LogP contribution in [0.3, 0.4) is 0 Å². The molecule has 0 aromatic rings. The van der Waals surface area contributed by atoms with Crippen LogP contribution in [0.25, 0.3) is 0 Å². The van der Waals surface area contributed by atoms with Crippen molar-refractivity contribution in [3.63, 3.8) is 0 Å². The van der Waals surface area contributed by atoms with Crippen LogP contribution in [0.1, 0.15) is 20.3 Å². The van der Waals surface area contributed by atoms with Crippen LogP contribution >= 0.6 is 0 Å². The summed E-state index contributed by atoms with van der Waals surface area (Å²) in [7, 11) is 0. The van der Waals surface area contributed by atoms with E-state index in [1.54, 1.807) is 0 Å². The zero-order valence-electron chi connectivity index (χ0n) is 9.12. The molecule has 14 heavy (non-hydrogen) atoms. The van der Waals surface area contributed by atoms with Crippen LogP contribution in [0, 0.1) is 5.92 Å². The molecule has 0 bridgehead atoms. The lowest BCUT2D eigenvalue weighted by atomic mass is 10.1. The molecule has 82 valence electrons. The topological polar surface area (TPSA) is 58.4 Å². The first-order valence-corrected chi connectivity index (χ1v) is 5.33. The maximum Gasteiger partial charge on any atom is 0.234 e. The van der Waals surface area contributed by atoms with Crippen LogP contribution in [0.15, 0.2) is 0 Å². The maximum absolute atomic E-state index is 11.3. The Balaban J connectivity index is 2.33. The van der Waals surface area contributed by atoms with Gasteiger partial charge < -0.3 is 11.1 Å². The Bertz CT molecular complexity index is 194. The molecule has 1 unspecified atom stereocenters. The SMILES string of the molecule is CC(C)CCN1CC(=O)NC(CN)C1. The molecule has 0 spiro atoms. The molecule has 0 radical (unpaired) electrons. The van der Waals surface area contributed by atoms with Gasteiger partial charge in [-0.05, 0) is 18.9 Å². The number of piperazine rings is 1. The van der Waals surface area contributed by atoms with Gasteiger partial charge in [0, 0.05) is 13.1 Å². The molecule has 1 atom stereocenters. The summed E-state index contributed by atoms with van der Waals surface area (Å²) in [5.41, 5.74) is 5.54. The molecule has 1 heterocycles. The summed E-state index contributed by atoms with van der Waals surface area (Å²) in [4.78, 5) is 13.5. The molecule has 3 N–H and O–H groups in total. The number of rotatable bonds is 4. The summed E-state index contributed by atoms with van der Waals surface area (Å²) in [6, 6.07) is 0.142. The monoisotopic (exact) mass is 199 g/mol. The number of carbonyl (C=O) groups is 1. The minimum Gasteiger partial charge on any atom is -0.350 e. The Labute approximate surface area is 85.8 Å². The smallest absolute Gasteiger partial charge is 0.234 e. The van der Waals surface area contributed by atoms with Gasteiger partial charge in [-0.15, -0.1) is 0 Å². The summed E-state index contributed by atoms with van der Waals surface area (Å²) in [5.74, 6) is 0.798. The van der Waals surface area contributed by atoms with Gasteiger partial charge in [0.2, 0.25) is 5.91 Å². The van der Waals surface area contributed by atoms with Gasteiger partial charge in [0.25, 0.3) is 0 Å². The van der Waals surface area contributed by atoms with Gasteiger partial charge in [0.05, 0.1) is 12.6 Å². The predicted octanol–water partition coefficient (Wildman–Crippen LogP) is -0.208. The average Bonchev–Trinajstić information content (AvgIpc) is 2.14. The van der Waals surface area contributed by atoms with Gasteiger partial charge in [-0.3, -0.25) is 9.69 Å². The van der Waals surface area contributed by atoms with E-state index < -0.39 is 0 Å².